The topological polar surface area (TPSA) is 88.7 Å². The van der Waals surface area contributed by atoms with E-state index in [4.69, 9.17) is 4.52 Å². The first kappa shape index (κ1) is 15.2. The summed E-state index contributed by atoms with van der Waals surface area (Å²) in [6.07, 6.45) is 0.656. The molecule has 0 spiro atoms. The highest BCUT2D eigenvalue weighted by atomic mass is 16.5. The summed E-state index contributed by atoms with van der Waals surface area (Å²) in [4.78, 5) is 16.5. The second-order valence-electron chi connectivity index (χ2n) is 5.59. The van der Waals surface area contributed by atoms with Crippen molar-refractivity contribution in [3.63, 3.8) is 0 Å². The average molecular weight is 313 g/mol. The predicted molar refractivity (Wildman–Crippen MR) is 86.6 cm³/mol. The molecule has 7 nitrogen and oxygen atoms in total. The molecule has 23 heavy (non-hydrogen) atoms. The van der Waals surface area contributed by atoms with Crippen LogP contribution in [-0.2, 0) is 6.42 Å². The molecule has 7 heteroatoms. The van der Waals surface area contributed by atoms with Gasteiger partial charge in [0.1, 0.15) is 5.69 Å². The Morgan fingerprint density at radius 1 is 1.35 bits per heavy atom. The summed E-state index contributed by atoms with van der Waals surface area (Å²) < 4.78 is 6.70. The van der Waals surface area contributed by atoms with Gasteiger partial charge < -0.3 is 9.84 Å². The molecule has 0 aliphatic heterocycles. The van der Waals surface area contributed by atoms with E-state index in [-0.39, 0.29) is 11.6 Å². The van der Waals surface area contributed by atoms with Crippen LogP contribution in [-0.4, -0.2) is 33.0 Å². The van der Waals surface area contributed by atoms with Gasteiger partial charge in [0.2, 0.25) is 0 Å². The lowest BCUT2D eigenvalue weighted by atomic mass is 10.2. The largest absolute Gasteiger partial charge is 0.332 e. The minimum Gasteiger partial charge on any atom is -0.332 e. The average Bonchev–Trinajstić information content (AvgIpc) is 3.15. The molecular formula is C16H19N5O2. The van der Waals surface area contributed by atoms with E-state index in [1.54, 1.807) is 0 Å². The van der Waals surface area contributed by atoms with Gasteiger partial charge in [-0.05, 0) is 33.0 Å². The fraction of sp³-hybridized carbons (Fsp3) is 0.312. The second-order valence-corrected chi connectivity index (χ2v) is 5.59. The van der Waals surface area contributed by atoms with Gasteiger partial charge in [-0.1, -0.05) is 22.9 Å². The molecule has 0 bridgehead atoms. The highest BCUT2D eigenvalue weighted by molar-refractivity contribution is 5.47. The van der Waals surface area contributed by atoms with Gasteiger partial charge in [-0.25, -0.2) is 4.68 Å². The highest BCUT2D eigenvalue weighted by Crippen LogP contribution is 2.15. The maximum atomic E-state index is 12.2. The SMILES string of the molecule is CNC(C)Cc1noc(-c2cc(=O)n(-c3ccc(C)cc3)[nH]2)n1. The van der Waals surface area contributed by atoms with Crippen LogP contribution in [0.5, 0.6) is 0 Å². The Hall–Kier alpha value is -2.67. The Bertz CT molecular complexity index is 844. The zero-order chi connectivity index (χ0) is 16.4. The Morgan fingerprint density at radius 3 is 2.78 bits per heavy atom. The number of hydrogen-bond donors (Lipinski definition) is 2. The Labute approximate surface area is 133 Å². The molecule has 3 aromatic rings. The van der Waals surface area contributed by atoms with Crippen LogP contribution in [0.2, 0.25) is 0 Å². The van der Waals surface area contributed by atoms with Crippen molar-refractivity contribution in [3.05, 3.63) is 52.1 Å². The lowest BCUT2D eigenvalue weighted by Crippen LogP contribution is -2.24. The van der Waals surface area contributed by atoms with E-state index in [0.29, 0.717) is 23.8 Å². The molecule has 0 aliphatic carbocycles. The van der Waals surface area contributed by atoms with Crippen molar-refractivity contribution in [1.82, 2.24) is 25.2 Å². The van der Waals surface area contributed by atoms with Crippen molar-refractivity contribution in [2.75, 3.05) is 7.05 Å². The fourth-order valence-electron chi connectivity index (χ4n) is 2.21. The predicted octanol–water partition coefficient (Wildman–Crippen LogP) is 1.67. The molecule has 2 aromatic heterocycles. The van der Waals surface area contributed by atoms with E-state index in [9.17, 15) is 4.79 Å². The van der Waals surface area contributed by atoms with Gasteiger partial charge in [-0.2, -0.15) is 4.98 Å². The van der Waals surface area contributed by atoms with Crippen molar-refractivity contribution in [3.8, 4) is 17.3 Å². The molecular weight excluding hydrogens is 294 g/mol. The number of rotatable bonds is 5. The summed E-state index contributed by atoms with van der Waals surface area (Å²) in [5, 5.41) is 10.1. The molecule has 3 rings (SSSR count). The summed E-state index contributed by atoms with van der Waals surface area (Å²) in [6, 6.07) is 9.36. The molecule has 0 radical (unpaired) electrons. The quantitative estimate of drug-likeness (QED) is 0.748. The number of nitrogens with zero attached hydrogens (tertiary/aromatic N) is 3. The molecule has 2 heterocycles. The van der Waals surface area contributed by atoms with Gasteiger partial charge in [-0.3, -0.25) is 9.89 Å². The Balaban J connectivity index is 1.89. The third kappa shape index (κ3) is 3.24. The number of aryl methyl sites for hydroxylation is 1. The third-order valence-electron chi connectivity index (χ3n) is 3.69. The van der Waals surface area contributed by atoms with Crippen LogP contribution in [0.15, 0.2) is 39.6 Å². The molecule has 120 valence electrons. The fourth-order valence-corrected chi connectivity index (χ4v) is 2.21. The minimum absolute atomic E-state index is 0.174. The van der Waals surface area contributed by atoms with E-state index in [2.05, 4.69) is 20.6 Å². The van der Waals surface area contributed by atoms with Crippen LogP contribution in [0.4, 0.5) is 0 Å². The standard InChI is InChI=1S/C16H19N5O2/c1-10-4-6-12(7-5-10)21-15(22)9-13(19-21)16-18-14(20-23-16)8-11(2)17-3/h4-7,9,11,17,19H,8H2,1-3H3. The number of aromatic amines is 1. The zero-order valence-electron chi connectivity index (χ0n) is 13.3. The van der Waals surface area contributed by atoms with Gasteiger partial charge >= 0.3 is 0 Å². The van der Waals surface area contributed by atoms with Crippen LogP contribution in [0.3, 0.4) is 0 Å². The molecule has 0 fully saturated rings. The maximum Gasteiger partial charge on any atom is 0.276 e. The van der Waals surface area contributed by atoms with Gasteiger partial charge in [0, 0.05) is 18.5 Å². The maximum absolute atomic E-state index is 12.2. The Morgan fingerprint density at radius 2 is 2.09 bits per heavy atom. The first-order valence-corrected chi connectivity index (χ1v) is 7.46. The van der Waals surface area contributed by atoms with Crippen molar-refractivity contribution in [1.29, 1.82) is 0 Å². The van der Waals surface area contributed by atoms with Crippen molar-refractivity contribution in [2.24, 2.45) is 0 Å². The van der Waals surface area contributed by atoms with Crippen LogP contribution in [0, 0.1) is 6.92 Å². The monoisotopic (exact) mass is 313 g/mol. The normalized spacial score (nSPS) is 12.5. The minimum atomic E-state index is -0.174. The zero-order valence-corrected chi connectivity index (χ0v) is 13.3. The van der Waals surface area contributed by atoms with E-state index < -0.39 is 0 Å². The summed E-state index contributed by atoms with van der Waals surface area (Å²) in [7, 11) is 1.88. The van der Waals surface area contributed by atoms with Crippen molar-refractivity contribution >= 4 is 0 Å². The number of aromatic nitrogens is 4. The molecule has 1 unspecified atom stereocenters. The van der Waals surface area contributed by atoms with Crippen LogP contribution < -0.4 is 10.9 Å². The lowest BCUT2D eigenvalue weighted by molar-refractivity contribution is 0.417. The molecule has 0 aliphatic rings. The number of hydrogen-bond acceptors (Lipinski definition) is 5. The number of benzene rings is 1. The third-order valence-corrected chi connectivity index (χ3v) is 3.69. The van der Waals surface area contributed by atoms with Crippen molar-refractivity contribution in [2.45, 2.75) is 26.3 Å². The first-order valence-electron chi connectivity index (χ1n) is 7.46. The molecule has 0 saturated heterocycles. The smallest absolute Gasteiger partial charge is 0.276 e. The molecule has 2 N–H and O–H groups in total. The van der Waals surface area contributed by atoms with E-state index >= 15 is 0 Å². The van der Waals surface area contributed by atoms with E-state index in [1.807, 2.05) is 45.2 Å². The van der Waals surface area contributed by atoms with Crippen LogP contribution in [0.1, 0.15) is 18.3 Å². The summed E-state index contributed by atoms with van der Waals surface area (Å²) in [6.45, 7) is 4.03. The van der Waals surface area contributed by atoms with Crippen LogP contribution >= 0.6 is 0 Å². The summed E-state index contributed by atoms with van der Waals surface area (Å²) >= 11 is 0. The summed E-state index contributed by atoms with van der Waals surface area (Å²) in [5.41, 5.74) is 2.22. The van der Waals surface area contributed by atoms with Gasteiger partial charge in [0.05, 0.1) is 5.69 Å². The van der Waals surface area contributed by atoms with Crippen molar-refractivity contribution < 1.29 is 4.52 Å². The van der Waals surface area contributed by atoms with E-state index in [0.717, 1.165) is 11.3 Å². The van der Waals surface area contributed by atoms with Gasteiger partial charge in [0.15, 0.2) is 5.82 Å². The second kappa shape index (κ2) is 6.21. The number of nitrogens with one attached hydrogen (secondary N) is 2. The van der Waals surface area contributed by atoms with E-state index in [1.165, 1.54) is 10.7 Å². The molecule has 1 aromatic carbocycles. The molecule has 0 saturated carbocycles. The van der Waals surface area contributed by atoms with Gasteiger partial charge in [-0.15, -0.1) is 0 Å². The Kier molecular flexibility index (Phi) is 4.12. The highest BCUT2D eigenvalue weighted by Gasteiger charge is 2.14. The number of H-pyrrole nitrogens is 1. The van der Waals surface area contributed by atoms with Gasteiger partial charge in [0.25, 0.3) is 11.4 Å². The lowest BCUT2D eigenvalue weighted by Gasteiger charge is -2.04. The summed E-state index contributed by atoms with van der Waals surface area (Å²) in [5.74, 6) is 0.914. The molecule has 0 amide bonds. The van der Waals surface area contributed by atoms with Crippen LogP contribution in [0.25, 0.3) is 17.3 Å². The first-order chi connectivity index (χ1) is 11.1. The number of likely N-dealkylation sites (N-methyl/N-ethyl adjacent to an activating group) is 1. The molecule has 1 atom stereocenters.